The van der Waals surface area contributed by atoms with Crippen LogP contribution in [0.15, 0.2) is 12.7 Å². The molecule has 0 amide bonds. The SMILES string of the molecule is C=CC(=O)OCC(C)(CCC(=O)O)C(=O)OCC1CO1. The molecule has 0 aromatic heterocycles. The van der Waals surface area contributed by atoms with Crippen molar-refractivity contribution in [2.75, 3.05) is 19.8 Å². The molecule has 7 heteroatoms. The lowest BCUT2D eigenvalue weighted by molar-refractivity contribution is -0.162. The maximum absolute atomic E-state index is 12.0. The first-order valence-corrected chi connectivity index (χ1v) is 6.17. The van der Waals surface area contributed by atoms with Crippen molar-refractivity contribution in [2.45, 2.75) is 25.9 Å². The minimum atomic E-state index is -1.20. The number of epoxide rings is 1. The van der Waals surface area contributed by atoms with Crippen LogP contribution in [0, 0.1) is 5.41 Å². The molecule has 0 aromatic carbocycles. The Balaban J connectivity index is 2.58. The smallest absolute Gasteiger partial charge is 0.330 e. The fraction of sp³-hybridized carbons (Fsp3) is 0.615. The lowest BCUT2D eigenvalue weighted by Crippen LogP contribution is -2.36. The average molecular weight is 286 g/mol. The van der Waals surface area contributed by atoms with Crippen LogP contribution in [-0.2, 0) is 28.6 Å². The lowest BCUT2D eigenvalue weighted by Gasteiger charge is -2.25. The Labute approximate surface area is 116 Å². The molecule has 20 heavy (non-hydrogen) atoms. The Morgan fingerprint density at radius 3 is 2.60 bits per heavy atom. The van der Waals surface area contributed by atoms with E-state index in [1.165, 1.54) is 6.92 Å². The third-order valence-corrected chi connectivity index (χ3v) is 2.89. The fourth-order valence-corrected chi connectivity index (χ4v) is 1.41. The normalized spacial score (nSPS) is 19.6. The van der Waals surface area contributed by atoms with Gasteiger partial charge in [-0.05, 0) is 13.3 Å². The summed E-state index contributed by atoms with van der Waals surface area (Å²) in [5.74, 6) is -2.32. The van der Waals surface area contributed by atoms with Gasteiger partial charge in [0.2, 0.25) is 0 Å². The van der Waals surface area contributed by atoms with Crippen molar-refractivity contribution >= 4 is 17.9 Å². The van der Waals surface area contributed by atoms with Crippen molar-refractivity contribution in [2.24, 2.45) is 5.41 Å². The van der Waals surface area contributed by atoms with Crippen molar-refractivity contribution in [1.29, 1.82) is 0 Å². The van der Waals surface area contributed by atoms with Crippen molar-refractivity contribution < 1.29 is 33.7 Å². The summed E-state index contributed by atoms with van der Waals surface area (Å²) in [6.45, 7) is 5.16. The summed E-state index contributed by atoms with van der Waals surface area (Å²) >= 11 is 0. The van der Waals surface area contributed by atoms with E-state index in [2.05, 4.69) is 6.58 Å². The predicted octanol–water partition coefficient (Wildman–Crippen LogP) is 0.529. The molecule has 7 nitrogen and oxygen atoms in total. The van der Waals surface area contributed by atoms with E-state index < -0.39 is 23.3 Å². The number of carboxylic acids is 1. The number of ether oxygens (including phenoxy) is 3. The minimum Gasteiger partial charge on any atom is -0.481 e. The summed E-state index contributed by atoms with van der Waals surface area (Å²) in [6, 6.07) is 0. The summed E-state index contributed by atoms with van der Waals surface area (Å²) in [7, 11) is 0. The highest BCUT2D eigenvalue weighted by Gasteiger charge is 2.38. The summed E-state index contributed by atoms with van der Waals surface area (Å²) in [6.07, 6.45) is 0.674. The molecule has 0 aromatic rings. The van der Waals surface area contributed by atoms with Gasteiger partial charge in [0.25, 0.3) is 0 Å². The highest BCUT2D eigenvalue weighted by Crippen LogP contribution is 2.27. The molecule has 1 rings (SSSR count). The molecule has 112 valence electrons. The second kappa shape index (κ2) is 7.04. The number of esters is 2. The molecule has 0 spiro atoms. The van der Waals surface area contributed by atoms with E-state index in [4.69, 9.17) is 19.3 Å². The Morgan fingerprint density at radius 1 is 1.45 bits per heavy atom. The second-order valence-electron chi connectivity index (χ2n) is 4.82. The van der Waals surface area contributed by atoms with Crippen LogP contribution in [0.2, 0.25) is 0 Å². The van der Waals surface area contributed by atoms with E-state index in [9.17, 15) is 14.4 Å². The molecule has 1 aliphatic heterocycles. The van der Waals surface area contributed by atoms with Crippen LogP contribution in [0.4, 0.5) is 0 Å². The van der Waals surface area contributed by atoms with Gasteiger partial charge in [-0.25, -0.2) is 4.79 Å². The first-order valence-electron chi connectivity index (χ1n) is 6.17. The average Bonchev–Trinajstić information content (AvgIpc) is 3.23. The lowest BCUT2D eigenvalue weighted by atomic mass is 9.86. The number of hydrogen-bond acceptors (Lipinski definition) is 6. The van der Waals surface area contributed by atoms with Crippen molar-refractivity contribution in [3.05, 3.63) is 12.7 Å². The molecule has 0 bridgehead atoms. The highest BCUT2D eigenvalue weighted by atomic mass is 16.6. The number of carbonyl (C=O) groups is 3. The van der Waals surface area contributed by atoms with Crippen LogP contribution in [0.3, 0.4) is 0 Å². The largest absolute Gasteiger partial charge is 0.481 e. The van der Waals surface area contributed by atoms with Crippen molar-refractivity contribution in [3.8, 4) is 0 Å². The van der Waals surface area contributed by atoms with E-state index in [1.54, 1.807) is 0 Å². The van der Waals surface area contributed by atoms with Crippen LogP contribution < -0.4 is 0 Å². The van der Waals surface area contributed by atoms with Gasteiger partial charge in [0.15, 0.2) is 0 Å². The number of carbonyl (C=O) groups excluding carboxylic acids is 2. The molecule has 1 N–H and O–H groups in total. The molecular weight excluding hydrogens is 268 g/mol. The van der Waals surface area contributed by atoms with Gasteiger partial charge in [0.1, 0.15) is 19.3 Å². The summed E-state index contributed by atoms with van der Waals surface area (Å²) in [4.78, 5) is 33.7. The molecule has 1 aliphatic rings. The molecule has 1 fully saturated rings. The summed E-state index contributed by atoms with van der Waals surface area (Å²) < 4.78 is 14.8. The van der Waals surface area contributed by atoms with Gasteiger partial charge in [-0.2, -0.15) is 0 Å². The summed E-state index contributed by atoms with van der Waals surface area (Å²) in [5.41, 5.74) is -1.20. The fourth-order valence-electron chi connectivity index (χ4n) is 1.41. The molecule has 0 saturated carbocycles. The van der Waals surface area contributed by atoms with Gasteiger partial charge in [-0.1, -0.05) is 6.58 Å². The molecule has 1 heterocycles. The molecule has 2 unspecified atom stereocenters. The maximum atomic E-state index is 12.0. The Bertz CT molecular complexity index is 400. The summed E-state index contributed by atoms with van der Waals surface area (Å²) in [5, 5.41) is 8.71. The van der Waals surface area contributed by atoms with Crippen LogP contribution in [0.1, 0.15) is 19.8 Å². The minimum absolute atomic E-state index is 0.0110. The third kappa shape index (κ3) is 5.40. The third-order valence-electron chi connectivity index (χ3n) is 2.89. The van der Waals surface area contributed by atoms with Gasteiger partial charge in [0.05, 0.1) is 12.0 Å². The topological polar surface area (TPSA) is 102 Å². The van der Waals surface area contributed by atoms with Crippen molar-refractivity contribution in [3.63, 3.8) is 0 Å². The van der Waals surface area contributed by atoms with Crippen LogP contribution in [-0.4, -0.2) is 48.9 Å². The van der Waals surface area contributed by atoms with Crippen LogP contribution >= 0.6 is 0 Å². The Hall–Kier alpha value is -1.89. The number of carboxylic acid groups (broad SMARTS) is 1. The monoisotopic (exact) mass is 286 g/mol. The van der Waals surface area contributed by atoms with Crippen LogP contribution in [0.25, 0.3) is 0 Å². The standard InChI is InChI=1S/C13H18O7/c1-3-11(16)20-8-13(2,5-4-10(14)15)12(17)19-7-9-6-18-9/h3,9H,1,4-8H2,2H3,(H,14,15). The quantitative estimate of drug-likeness (QED) is 0.374. The Kier molecular flexibility index (Phi) is 5.69. The number of hydrogen-bond donors (Lipinski definition) is 1. The molecule has 0 aliphatic carbocycles. The predicted molar refractivity (Wildman–Crippen MR) is 66.8 cm³/mol. The zero-order valence-electron chi connectivity index (χ0n) is 11.3. The number of rotatable bonds is 9. The van der Waals surface area contributed by atoms with E-state index in [1.807, 2.05) is 0 Å². The zero-order valence-corrected chi connectivity index (χ0v) is 11.3. The van der Waals surface area contributed by atoms with Crippen molar-refractivity contribution in [1.82, 2.24) is 0 Å². The zero-order chi connectivity index (χ0) is 15.2. The van der Waals surface area contributed by atoms with Gasteiger partial charge in [-0.3, -0.25) is 9.59 Å². The highest BCUT2D eigenvalue weighted by molar-refractivity contribution is 5.82. The molecule has 0 radical (unpaired) electrons. The molecule has 1 saturated heterocycles. The van der Waals surface area contributed by atoms with Gasteiger partial charge >= 0.3 is 17.9 Å². The van der Waals surface area contributed by atoms with Gasteiger partial charge in [0, 0.05) is 12.5 Å². The van der Waals surface area contributed by atoms with E-state index >= 15 is 0 Å². The molecular formula is C13H18O7. The van der Waals surface area contributed by atoms with E-state index in [0.29, 0.717) is 6.61 Å². The first-order chi connectivity index (χ1) is 9.37. The Morgan fingerprint density at radius 2 is 2.10 bits per heavy atom. The van der Waals surface area contributed by atoms with Crippen LogP contribution in [0.5, 0.6) is 0 Å². The maximum Gasteiger partial charge on any atom is 0.330 e. The van der Waals surface area contributed by atoms with E-state index in [0.717, 1.165) is 6.08 Å². The second-order valence-corrected chi connectivity index (χ2v) is 4.82. The van der Waals surface area contributed by atoms with Gasteiger partial charge in [-0.15, -0.1) is 0 Å². The molecule has 2 atom stereocenters. The van der Waals surface area contributed by atoms with Gasteiger partial charge < -0.3 is 19.3 Å². The van der Waals surface area contributed by atoms with E-state index in [-0.39, 0.29) is 32.2 Å². The number of aliphatic carboxylic acids is 1. The first kappa shape index (κ1) is 16.2.